The molecule has 1 heterocycles. The fourth-order valence-electron chi connectivity index (χ4n) is 2.55. The zero-order valence-corrected chi connectivity index (χ0v) is 12.5. The van der Waals surface area contributed by atoms with Crippen LogP contribution in [0.4, 0.5) is 0 Å². The average Bonchev–Trinajstić information content (AvgIpc) is 2.58. The van der Waals surface area contributed by atoms with E-state index >= 15 is 0 Å². The van der Waals surface area contributed by atoms with E-state index in [2.05, 4.69) is 0 Å². The van der Waals surface area contributed by atoms with Gasteiger partial charge in [-0.3, -0.25) is 4.79 Å². The Morgan fingerprint density at radius 2 is 1.82 bits per heavy atom. The molecule has 22 heavy (non-hydrogen) atoms. The Balaban J connectivity index is 1.58. The summed E-state index contributed by atoms with van der Waals surface area (Å²) >= 11 is 0. The predicted molar refractivity (Wildman–Crippen MR) is 85.1 cm³/mol. The fraction of sp³-hybridized carbons (Fsp3) is 0.316. The second-order valence-corrected chi connectivity index (χ2v) is 5.52. The van der Waals surface area contributed by atoms with Crippen LogP contribution >= 0.6 is 0 Å². The van der Waals surface area contributed by atoms with Gasteiger partial charge in [0, 0.05) is 18.4 Å². The second kappa shape index (κ2) is 7.23. The highest BCUT2D eigenvalue weighted by molar-refractivity contribution is 5.97. The third kappa shape index (κ3) is 3.95. The number of benzene rings is 2. The number of carbonyl (C=O) groups excluding carboxylic acids is 1. The van der Waals surface area contributed by atoms with Gasteiger partial charge in [0.15, 0.2) is 12.1 Å². The summed E-state index contributed by atoms with van der Waals surface area (Å²) in [5.41, 5.74) is 1.74. The number of hydrogen-bond donors (Lipinski definition) is 0. The quantitative estimate of drug-likeness (QED) is 0.782. The predicted octanol–water partition coefficient (Wildman–Crippen LogP) is 4.02. The van der Waals surface area contributed by atoms with Crippen molar-refractivity contribution in [3.63, 3.8) is 0 Å². The van der Waals surface area contributed by atoms with Gasteiger partial charge in [0.05, 0.1) is 6.61 Å². The van der Waals surface area contributed by atoms with E-state index < -0.39 is 0 Å². The van der Waals surface area contributed by atoms with Crippen LogP contribution in [0.15, 0.2) is 54.6 Å². The van der Waals surface area contributed by atoms with Crippen LogP contribution < -0.4 is 4.74 Å². The van der Waals surface area contributed by atoms with Gasteiger partial charge >= 0.3 is 0 Å². The molecule has 0 unspecified atom stereocenters. The summed E-state index contributed by atoms with van der Waals surface area (Å²) in [7, 11) is 0. The zero-order chi connectivity index (χ0) is 15.2. The third-order valence-corrected chi connectivity index (χ3v) is 3.79. The molecule has 2 aromatic carbocycles. The van der Waals surface area contributed by atoms with E-state index in [0.29, 0.717) is 6.42 Å². The van der Waals surface area contributed by atoms with Gasteiger partial charge in [-0.15, -0.1) is 0 Å². The largest absolute Gasteiger partial charge is 0.465 e. The average molecular weight is 296 g/mol. The highest BCUT2D eigenvalue weighted by Crippen LogP contribution is 2.20. The Bertz CT molecular complexity index is 598. The van der Waals surface area contributed by atoms with Gasteiger partial charge in [0.1, 0.15) is 5.75 Å². The molecule has 1 saturated heterocycles. The topological polar surface area (TPSA) is 35.5 Å². The van der Waals surface area contributed by atoms with Crippen molar-refractivity contribution < 1.29 is 14.3 Å². The van der Waals surface area contributed by atoms with Crippen LogP contribution in [-0.2, 0) is 11.2 Å². The maximum Gasteiger partial charge on any atom is 0.199 e. The number of carbonyl (C=O) groups is 1. The van der Waals surface area contributed by atoms with Crippen LogP contribution in [0.2, 0.25) is 0 Å². The minimum atomic E-state index is -0.134. The molecular formula is C19H20O3. The standard InChI is InChI=1S/C19H20O3/c20-18(16-6-2-1-3-7-16)14-15-9-11-17(12-10-15)22-19-8-4-5-13-21-19/h1-3,6-7,9-12,19H,4-5,8,13-14H2/t19-/m1/s1. The summed E-state index contributed by atoms with van der Waals surface area (Å²) in [6.45, 7) is 0.772. The smallest absolute Gasteiger partial charge is 0.199 e. The van der Waals surface area contributed by atoms with Crippen LogP contribution in [0.25, 0.3) is 0 Å². The minimum absolute atomic E-state index is 0.130. The fourth-order valence-corrected chi connectivity index (χ4v) is 2.55. The lowest BCUT2D eigenvalue weighted by Crippen LogP contribution is -2.24. The zero-order valence-electron chi connectivity index (χ0n) is 12.5. The number of Topliss-reactive ketones (excluding diaryl/α,β-unsaturated/α-hetero) is 1. The molecule has 0 N–H and O–H groups in total. The van der Waals surface area contributed by atoms with E-state index in [9.17, 15) is 4.79 Å². The lowest BCUT2D eigenvalue weighted by Gasteiger charge is -2.23. The maximum atomic E-state index is 12.2. The number of ketones is 1. The Hall–Kier alpha value is -2.13. The van der Waals surface area contributed by atoms with E-state index in [1.165, 1.54) is 0 Å². The second-order valence-electron chi connectivity index (χ2n) is 5.52. The first-order valence-corrected chi connectivity index (χ1v) is 7.77. The monoisotopic (exact) mass is 296 g/mol. The SMILES string of the molecule is O=C(Cc1ccc(O[C@@H]2CCCCO2)cc1)c1ccccc1. The summed E-state index contributed by atoms with van der Waals surface area (Å²) < 4.78 is 11.4. The van der Waals surface area contributed by atoms with Crippen LogP contribution in [-0.4, -0.2) is 18.7 Å². The number of ether oxygens (including phenoxy) is 2. The summed E-state index contributed by atoms with van der Waals surface area (Å²) in [6, 6.07) is 17.1. The molecule has 3 nitrogen and oxygen atoms in total. The Morgan fingerprint density at radius 1 is 1.05 bits per heavy atom. The summed E-state index contributed by atoms with van der Waals surface area (Å²) in [5, 5.41) is 0. The molecule has 0 spiro atoms. The molecule has 114 valence electrons. The molecule has 1 atom stereocenters. The van der Waals surface area contributed by atoms with Gasteiger partial charge in [-0.2, -0.15) is 0 Å². The molecule has 2 aromatic rings. The van der Waals surface area contributed by atoms with Gasteiger partial charge in [-0.25, -0.2) is 0 Å². The highest BCUT2D eigenvalue weighted by Gasteiger charge is 2.15. The summed E-state index contributed by atoms with van der Waals surface area (Å²) in [6.07, 6.45) is 3.47. The Kier molecular flexibility index (Phi) is 4.86. The van der Waals surface area contributed by atoms with Gasteiger partial charge in [-0.1, -0.05) is 42.5 Å². The van der Waals surface area contributed by atoms with E-state index in [1.54, 1.807) is 0 Å². The van der Waals surface area contributed by atoms with Gasteiger partial charge in [0.2, 0.25) is 0 Å². The first-order valence-electron chi connectivity index (χ1n) is 7.77. The molecule has 3 rings (SSSR count). The van der Waals surface area contributed by atoms with Crippen LogP contribution in [0.5, 0.6) is 5.75 Å². The van der Waals surface area contributed by atoms with Crippen LogP contribution in [0.3, 0.4) is 0 Å². The van der Waals surface area contributed by atoms with Crippen molar-refractivity contribution in [1.82, 2.24) is 0 Å². The van der Waals surface area contributed by atoms with Crippen molar-refractivity contribution in [3.05, 3.63) is 65.7 Å². The van der Waals surface area contributed by atoms with Crippen molar-refractivity contribution in [2.75, 3.05) is 6.61 Å². The Morgan fingerprint density at radius 3 is 2.50 bits per heavy atom. The molecule has 3 heteroatoms. The highest BCUT2D eigenvalue weighted by atomic mass is 16.7. The minimum Gasteiger partial charge on any atom is -0.465 e. The normalized spacial score (nSPS) is 17.9. The molecule has 0 radical (unpaired) electrons. The van der Waals surface area contributed by atoms with E-state index in [4.69, 9.17) is 9.47 Å². The molecule has 1 fully saturated rings. The van der Waals surface area contributed by atoms with E-state index in [-0.39, 0.29) is 12.1 Å². The molecule has 1 aliphatic heterocycles. The molecule has 0 saturated carbocycles. The molecule has 0 amide bonds. The number of rotatable bonds is 5. The van der Waals surface area contributed by atoms with E-state index in [0.717, 1.165) is 42.7 Å². The molecular weight excluding hydrogens is 276 g/mol. The molecule has 0 aliphatic carbocycles. The first-order chi connectivity index (χ1) is 10.8. The van der Waals surface area contributed by atoms with E-state index in [1.807, 2.05) is 54.6 Å². The first kappa shape index (κ1) is 14.8. The van der Waals surface area contributed by atoms with Crippen LogP contribution in [0.1, 0.15) is 35.2 Å². The summed E-state index contributed by atoms with van der Waals surface area (Å²) in [4.78, 5) is 12.2. The number of hydrogen-bond acceptors (Lipinski definition) is 3. The lowest BCUT2D eigenvalue weighted by atomic mass is 10.0. The molecule has 0 bridgehead atoms. The van der Waals surface area contributed by atoms with Crippen molar-refractivity contribution in [2.24, 2.45) is 0 Å². The van der Waals surface area contributed by atoms with Gasteiger partial charge < -0.3 is 9.47 Å². The van der Waals surface area contributed by atoms with Crippen LogP contribution in [0, 0.1) is 0 Å². The van der Waals surface area contributed by atoms with Crippen molar-refractivity contribution in [1.29, 1.82) is 0 Å². The van der Waals surface area contributed by atoms with Gasteiger partial charge in [0.25, 0.3) is 0 Å². The maximum absolute atomic E-state index is 12.2. The summed E-state index contributed by atoms with van der Waals surface area (Å²) in [5.74, 6) is 0.924. The van der Waals surface area contributed by atoms with Crippen molar-refractivity contribution in [3.8, 4) is 5.75 Å². The Labute approximate surface area is 130 Å². The lowest BCUT2D eigenvalue weighted by molar-refractivity contribution is -0.105. The van der Waals surface area contributed by atoms with Gasteiger partial charge in [-0.05, 0) is 30.5 Å². The third-order valence-electron chi connectivity index (χ3n) is 3.79. The van der Waals surface area contributed by atoms with Crippen molar-refractivity contribution >= 4 is 5.78 Å². The molecule has 1 aliphatic rings. The van der Waals surface area contributed by atoms with Crippen molar-refractivity contribution in [2.45, 2.75) is 32.0 Å². The molecule has 0 aromatic heterocycles.